The molecule has 3 rings (SSSR count). The summed E-state index contributed by atoms with van der Waals surface area (Å²) in [6.07, 6.45) is 0. The van der Waals surface area contributed by atoms with Crippen molar-refractivity contribution in [3.8, 4) is 0 Å². The predicted octanol–water partition coefficient (Wildman–Crippen LogP) is 2.79. The lowest BCUT2D eigenvalue weighted by Crippen LogP contribution is -2.26. The maximum atomic E-state index is 13.0. The van der Waals surface area contributed by atoms with Gasteiger partial charge >= 0.3 is 5.76 Å². The van der Waals surface area contributed by atoms with Gasteiger partial charge in [-0.1, -0.05) is 12.1 Å². The second-order valence-electron chi connectivity index (χ2n) is 5.64. The first-order chi connectivity index (χ1) is 11.8. The van der Waals surface area contributed by atoms with Gasteiger partial charge in [0.15, 0.2) is 5.58 Å². The van der Waals surface area contributed by atoms with Crippen molar-refractivity contribution in [2.45, 2.75) is 31.3 Å². The van der Waals surface area contributed by atoms with Gasteiger partial charge in [0.05, 0.1) is 10.4 Å². The van der Waals surface area contributed by atoms with E-state index in [0.29, 0.717) is 17.6 Å². The topological polar surface area (TPSA) is 81.3 Å². The summed E-state index contributed by atoms with van der Waals surface area (Å²) < 4.78 is 47.2. The minimum atomic E-state index is -3.83. The molecule has 0 spiro atoms. The molecule has 0 aliphatic rings. The Balaban J connectivity index is 1.92. The fourth-order valence-corrected chi connectivity index (χ4v) is 3.88. The van der Waals surface area contributed by atoms with Gasteiger partial charge in [-0.25, -0.2) is 22.3 Å². The highest BCUT2D eigenvalue weighted by molar-refractivity contribution is 7.89. The predicted molar refractivity (Wildman–Crippen MR) is 91.3 cm³/mol. The second kappa shape index (κ2) is 6.45. The zero-order chi connectivity index (χ0) is 18.2. The molecule has 0 radical (unpaired) electrons. The van der Waals surface area contributed by atoms with Gasteiger partial charge in [0.25, 0.3) is 0 Å². The molecule has 8 heteroatoms. The number of hydrogen-bond donors (Lipinski definition) is 1. The van der Waals surface area contributed by atoms with Crippen molar-refractivity contribution in [2.24, 2.45) is 0 Å². The number of aromatic nitrogens is 1. The number of sulfonamides is 1. The van der Waals surface area contributed by atoms with Crippen LogP contribution in [0.1, 0.15) is 25.5 Å². The number of hydrogen-bond acceptors (Lipinski definition) is 4. The van der Waals surface area contributed by atoms with E-state index in [-0.39, 0.29) is 16.3 Å². The van der Waals surface area contributed by atoms with Crippen LogP contribution in [0.25, 0.3) is 11.1 Å². The van der Waals surface area contributed by atoms with Crippen molar-refractivity contribution >= 4 is 21.1 Å². The van der Waals surface area contributed by atoms with Gasteiger partial charge < -0.3 is 4.42 Å². The monoisotopic (exact) mass is 364 g/mol. The Hall–Kier alpha value is -2.45. The molecular weight excluding hydrogens is 347 g/mol. The van der Waals surface area contributed by atoms with Gasteiger partial charge in [0.1, 0.15) is 5.82 Å². The van der Waals surface area contributed by atoms with Crippen LogP contribution in [0.15, 0.2) is 56.6 Å². The van der Waals surface area contributed by atoms with Gasteiger partial charge in [0.2, 0.25) is 10.0 Å². The highest BCUT2D eigenvalue weighted by Crippen LogP contribution is 2.21. The fourth-order valence-electron chi connectivity index (χ4n) is 2.63. The van der Waals surface area contributed by atoms with Crippen molar-refractivity contribution in [2.75, 3.05) is 0 Å². The number of nitrogens with one attached hydrogen (secondary N) is 1. The molecule has 1 heterocycles. The Morgan fingerprint density at radius 3 is 2.52 bits per heavy atom. The molecular formula is C17H17FN2O4S. The van der Waals surface area contributed by atoms with Crippen molar-refractivity contribution in [3.63, 3.8) is 0 Å². The van der Waals surface area contributed by atoms with E-state index in [0.717, 1.165) is 0 Å². The van der Waals surface area contributed by atoms with E-state index >= 15 is 0 Å². The Morgan fingerprint density at radius 2 is 1.88 bits per heavy atom. The molecule has 0 bridgehead atoms. The van der Waals surface area contributed by atoms with Crippen LogP contribution in [0.5, 0.6) is 0 Å². The molecule has 25 heavy (non-hydrogen) atoms. The smallest absolute Gasteiger partial charge is 0.408 e. The van der Waals surface area contributed by atoms with E-state index in [1.165, 1.54) is 41.0 Å². The van der Waals surface area contributed by atoms with Gasteiger partial charge in [-0.3, -0.25) is 4.57 Å². The van der Waals surface area contributed by atoms with Crippen LogP contribution in [0.4, 0.5) is 4.39 Å². The maximum absolute atomic E-state index is 13.0. The third kappa shape index (κ3) is 3.35. The highest BCUT2D eigenvalue weighted by Gasteiger charge is 2.20. The molecule has 0 aliphatic carbocycles. The molecule has 2 aromatic carbocycles. The van der Waals surface area contributed by atoms with E-state index in [1.807, 2.05) is 0 Å². The van der Waals surface area contributed by atoms with Crippen LogP contribution >= 0.6 is 0 Å². The average Bonchev–Trinajstić information content (AvgIpc) is 2.89. The number of aryl methyl sites for hydroxylation is 1. The van der Waals surface area contributed by atoms with E-state index in [1.54, 1.807) is 19.9 Å². The Labute approximate surface area is 143 Å². The van der Waals surface area contributed by atoms with Gasteiger partial charge in [-0.15, -0.1) is 0 Å². The molecule has 6 nitrogen and oxygen atoms in total. The fraction of sp³-hybridized carbons (Fsp3) is 0.235. The van der Waals surface area contributed by atoms with E-state index in [2.05, 4.69) is 4.72 Å². The van der Waals surface area contributed by atoms with Crippen LogP contribution < -0.4 is 10.5 Å². The molecule has 3 aromatic rings. The van der Waals surface area contributed by atoms with Gasteiger partial charge in [-0.2, -0.15) is 0 Å². The van der Waals surface area contributed by atoms with Crippen LogP contribution in [-0.4, -0.2) is 13.0 Å². The Morgan fingerprint density at radius 1 is 1.20 bits per heavy atom. The second-order valence-corrected chi connectivity index (χ2v) is 7.35. The summed E-state index contributed by atoms with van der Waals surface area (Å²) in [4.78, 5) is 11.7. The van der Waals surface area contributed by atoms with Crippen LogP contribution in [0.2, 0.25) is 0 Å². The van der Waals surface area contributed by atoms with Crippen molar-refractivity contribution in [3.05, 3.63) is 64.4 Å². The van der Waals surface area contributed by atoms with E-state index in [4.69, 9.17) is 4.42 Å². The Bertz CT molecular complexity index is 1070. The lowest BCUT2D eigenvalue weighted by atomic mass is 10.1. The SMILES string of the molecule is CCn1c(=O)oc2cc(S(=O)(=O)N[C@H](C)c3ccc(F)cc3)ccc21. The third-order valence-corrected chi connectivity index (χ3v) is 5.51. The summed E-state index contributed by atoms with van der Waals surface area (Å²) >= 11 is 0. The summed E-state index contributed by atoms with van der Waals surface area (Å²) in [6.45, 7) is 3.89. The first kappa shape index (κ1) is 17.4. The molecule has 0 unspecified atom stereocenters. The zero-order valence-electron chi connectivity index (χ0n) is 13.7. The molecule has 1 aromatic heterocycles. The molecule has 0 saturated carbocycles. The normalized spacial score (nSPS) is 13.2. The Kier molecular flexibility index (Phi) is 4.49. The molecule has 0 aliphatic heterocycles. The highest BCUT2D eigenvalue weighted by atomic mass is 32.2. The molecule has 1 atom stereocenters. The number of rotatable bonds is 5. The van der Waals surface area contributed by atoms with Crippen molar-refractivity contribution < 1.29 is 17.2 Å². The molecule has 0 fully saturated rings. The average molecular weight is 364 g/mol. The summed E-state index contributed by atoms with van der Waals surface area (Å²) in [5, 5.41) is 0. The standard InChI is InChI=1S/C17H17FN2O4S/c1-3-20-15-9-8-14(10-16(15)24-17(20)21)25(22,23)19-11(2)12-4-6-13(18)7-5-12/h4-11,19H,3H2,1-2H3/t11-/m1/s1. The number of nitrogens with zero attached hydrogens (tertiary/aromatic N) is 1. The van der Waals surface area contributed by atoms with E-state index < -0.39 is 21.8 Å². The quantitative estimate of drug-likeness (QED) is 0.755. The molecule has 1 N–H and O–H groups in total. The first-order valence-electron chi connectivity index (χ1n) is 7.73. The minimum Gasteiger partial charge on any atom is -0.408 e. The minimum absolute atomic E-state index is 0.00837. The largest absolute Gasteiger partial charge is 0.419 e. The molecule has 0 saturated heterocycles. The van der Waals surface area contributed by atoms with Gasteiger partial charge in [-0.05, 0) is 43.7 Å². The first-order valence-corrected chi connectivity index (χ1v) is 9.21. The van der Waals surface area contributed by atoms with Crippen molar-refractivity contribution in [1.29, 1.82) is 0 Å². The maximum Gasteiger partial charge on any atom is 0.419 e. The lowest BCUT2D eigenvalue weighted by molar-refractivity contribution is 0.512. The summed E-state index contributed by atoms with van der Waals surface area (Å²) in [5.41, 5.74) is 1.39. The summed E-state index contributed by atoms with van der Waals surface area (Å²) in [6, 6.07) is 9.32. The number of fused-ring (bicyclic) bond motifs is 1. The van der Waals surface area contributed by atoms with Crippen LogP contribution in [0, 0.1) is 5.82 Å². The number of halogens is 1. The van der Waals surface area contributed by atoms with Crippen molar-refractivity contribution in [1.82, 2.24) is 9.29 Å². The number of oxazole rings is 1. The number of benzene rings is 2. The van der Waals surface area contributed by atoms with Crippen LogP contribution in [0.3, 0.4) is 0 Å². The molecule has 0 amide bonds. The van der Waals surface area contributed by atoms with Gasteiger partial charge in [0, 0.05) is 18.7 Å². The zero-order valence-corrected chi connectivity index (χ0v) is 14.5. The summed E-state index contributed by atoms with van der Waals surface area (Å²) in [7, 11) is -3.83. The van der Waals surface area contributed by atoms with Crippen LogP contribution in [-0.2, 0) is 16.6 Å². The third-order valence-electron chi connectivity index (χ3n) is 3.97. The van der Waals surface area contributed by atoms with E-state index in [9.17, 15) is 17.6 Å². The summed E-state index contributed by atoms with van der Waals surface area (Å²) in [5.74, 6) is -0.917. The molecule has 132 valence electrons. The lowest BCUT2D eigenvalue weighted by Gasteiger charge is -2.14.